The fraction of sp³-hybridized carbons (Fsp3) is 0.194. The van der Waals surface area contributed by atoms with Crippen LogP contribution in [0, 0.1) is 0 Å². The third kappa shape index (κ3) is 6.82. The Morgan fingerprint density at radius 1 is 1.02 bits per heavy atom. The number of para-hydroxylation sites is 1. The van der Waals surface area contributed by atoms with Gasteiger partial charge in [0.2, 0.25) is 0 Å². The molecule has 0 unspecified atom stereocenters. The lowest BCUT2D eigenvalue weighted by molar-refractivity contribution is -0.122. The summed E-state index contributed by atoms with van der Waals surface area (Å²) in [6.07, 6.45) is 4.56. The van der Waals surface area contributed by atoms with Crippen molar-refractivity contribution in [3.63, 3.8) is 0 Å². The quantitative estimate of drug-likeness (QED) is 0.103. The van der Waals surface area contributed by atoms with Gasteiger partial charge in [-0.15, -0.1) is 0 Å². The van der Waals surface area contributed by atoms with Crippen LogP contribution in [0.2, 0.25) is 5.02 Å². The topological polar surface area (TPSA) is 56.6 Å². The van der Waals surface area contributed by atoms with Crippen molar-refractivity contribution in [2.45, 2.75) is 20.0 Å². The monoisotopic (exact) mass is 589 g/mol. The van der Waals surface area contributed by atoms with Crippen LogP contribution in [0.5, 0.6) is 5.75 Å². The Balaban J connectivity index is 1.39. The molecule has 0 saturated carbocycles. The Bertz CT molecular complexity index is 1500. The van der Waals surface area contributed by atoms with Crippen LogP contribution in [-0.4, -0.2) is 44.7 Å². The van der Waals surface area contributed by atoms with Gasteiger partial charge in [-0.2, -0.15) is 5.10 Å². The van der Waals surface area contributed by atoms with E-state index in [1.807, 2.05) is 103 Å². The number of halogens is 1. The number of hydrogen-bond acceptors (Lipinski definition) is 6. The summed E-state index contributed by atoms with van der Waals surface area (Å²) in [6, 6.07) is 25.3. The van der Waals surface area contributed by atoms with Gasteiger partial charge in [-0.05, 0) is 73.5 Å². The largest absolute Gasteiger partial charge is 0.489 e. The van der Waals surface area contributed by atoms with E-state index in [9.17, 15) is 4.79 Å². The normalized spacial score (nSPS) is 14.3. The van der Waals surface area contributed by atoms with Gasteiger partial charge < -0.3 is 9.47 Å². The average molecular weight is 590 g/mol. The molecule has 40 heavy (non-hydrogen) atoms. The van der Waals surface area contributed by atoms with Crippen LogP contribution in [0.15, 0.2) is 90.0 Å². The lowest BCUT2D eigenvalue weighted by atomic mass is 10.1. The first-order valence-electron chi connectivity index (χ1n) is 13.0. The Labute approximate surface area is 248 Å². The highest BCUT2D eigenvalue weighted by Gasteiger charge is 2.32. The van der Waals surface area contributed by atoms with E-state index in [-0.39, 0.29) is 5.91 Å². The minimum absolute atomic E-state index is 0.0872. The predicted molar refractivity (Wildman–Crippen MR) is 166 cm³/mol. The SMILES string of the molecule is CCOCCCN1C(=O)C(=Cc2cn(-c3ccccc3)nc2-c2ccc(OCc3ccc(Cl)cc3)cc2)SC1=S. The first-order valence-corrected chi connectivity index (χ1v) is 14.6. The fourth-order valence-electron chi connectivity index (χ4n) is 4.19. The summed E-state index contributed by atoms with van der Waals surface area (Å²) in [6.45, 7) is 4.19. The number of hydrogen-bond donors (Lipinski definition) is 0. The summed E-state index contributed by atoms with van der Waals surface area (Å²) in [7, 11) is 0. The van der Waals surface area contributed by atoms with Gasteiger partial charge in [0.15, 0.2) is 0 Å². The molecule has 6 nitrogen and oxygen atoms in total. The average Bonchev–Trinajstić information content (AvgIpc) is 3.52. The molecule has 5 rings (SSSR count). The van der Waals surface area contributed by atoms with E-state index in [4.69, 9.17) is 38.4 Å². The van der Waals surface area contributed by atoms with Crippen molar-refractivity contribution >= 4 is 51.9 Å². The molecule has 204 valence electrons. The number of carbonyl (C=O) groups is 1. The van der Waals surface area contributed by atoms with Gasteiger partial charge in [0.25, 0.3) is 5.91 Å². The number of aromatic nitrogens is 2. The van der Waals surface area contributed by atoms with Gasteiger partial charge >= 0.3 is 0 Å². The summed E-state index contributed by atoms with van der Waals surface area (Å²) in [5.41, 5.74) is 4.46. The van der Waals surface area contributed by atoms with E-state index in [1.54, 1.807) is 4.90 Å². The van der Waals surface area contributed by atoms with Gasteiger partial charge in [0.05, 0.1) is 16.3 Å². The van der Waals surface area contributed by atoms with Gasteiger partial charge in [0.1, 0.15) is 16.7 Å². The summed E-state index contributed by atoms with van der Waals surface area (Å²) in [5.74, 6) is 0.659. The summed E-state index contributed by atoms with van der Waals surface area (Å²) >= 11 is 12.8. The smallest absolute Gasteiger partial charge is 0.266 e. The van der Waals surface area contributed by atoms with E-state index in [2.05, 4.69) is 0 Å². The van der Waals surface area contributed by atoms with E-state index in [0.29, 0.717) is 40.6 Å². The Morgan fingerprint density at radius 3 is 2.50 bits per heavy atom. The molecule has 4 aromatic rings. The number of benzene rings is 3. The van der Waals surface area contributed by atoms with Crippen LogP contribution in [0.4, 0.5) is 0 Å². The zero-order chi connectivity index (χ0) is 27.9. The van der Waals surface area contributed by atoms with E-state index in [0.717, 1.165) is 40.2 Å². The number of nitrogens with zero attached hydrogens (tertiary/aromatic N) is 3. The van der Waals surface area contributed by atoms with Gasteiger partial charge in [-0.1, -0.05) is 65.9 Å². The van der Waals surface area contributed by atoms with Crippen LogP contribution < -0.4 is 4.74 Å². The molecule has 1 aliphatic heterocycles. The maximum absolute atomic E-state index is 13.2. The fourth-order valence-corrected chi connectivity index (χ4v) is 5.62. The molecule has 1 fully saturated rings. The van der Waals surface area contributed by atoms with Crippen LogP contribution in [0.1, 0.15) is 24.5 Å². The summed E-state index contributed by atoms with van der Waals surface area (Å²) in [4.78, 5) is 15.5. The number of ether oxygens (including phenoxy) is 2. The predicted octanol–water partition coefficient (Wildman–Crippen LogP) is 7.40. The number of carbonyl (C=O) groups excluding carboxylic acids is 1. The van der Waals surface area contributed by atoms with E-state index in [1.165, 1.54) is 11.8 Å². The first kappa shape index (κ1) is 28.1. The molecule has 9 heteroatoms. The van der Waals surface area contributed by atoms with Crippen LogP contribution >= 0.6 is 35.6 Å². The zero-order valence-electron chi connectivity index (χ0n) is 22.0. The highest BCUT2D eigenvalue weighted by Crippen LogP contribution is 2.35. The molecule has 0 bridgehead atoms. The molecule has 1 saturated heterocycles. The molecule has 0 aliphatic carbocycles. The molecular formula is C31H28ClN3O3S2. The highest BCUT2D eigenvalue weighted by atomic mass is 35.5. The lowest BCUT2D eigenvalue weighted by Crippen LogP contribution is -2.29. The third-order valence-electron chi connectivity index (χ3n) is 6.24. The molecule has 0 radical (unpaired) electrons. The molecule has 1 aliphatic rings. The summed E-state index contributed by atoms with van der Waals surface area (Å²) in [5, 5.41) is 5.59. The standard InChI is InChI=1S/C31H28ClN3O3S2/c1-2-37-18-6-17-34-30(36)28(40-31(34)39)19-24-20-35(26-7-4-3-5-8-26)33-29(24)23-11-15-27(16-12-23)38-21-22-9-13-25(32)14-10-22/h3-5,7-16,19-20H,2,6,17-18,21H2,1H3. The second kappa shape index (κ2) is 13.3. The first-order chi connectivity index (χ1) is 19.5. The van der Waals surface area contributed by atoms with Crippen LogP contribution in [-0.2, 0) is 16.1 Å². The van der Waals surface area contributed by atoms with Crippen molar-refractivity contribution in [3.05, 3.63) is 106 Å². The minimum Gasteiger partial charge on any atom is -0.489 e. The minimum atomic E-state index is -0.0872. The second-order valence-corrected chi connectivity index (χ2v) is 11.1. The van der Waals surface area contributed by atoms with Crippen LogP contribution in [0.3, 0.4) is 0 Å². The molecule has 0 N–H and O–H groups in total. The molecular weight excluding hydrogens is 562 g/mol. The van der Waals surface area contributed by atoms with Gasteiger partial charge in [-0.25, -0.2) is 4.68 Å². The molecule has 0 spiro atoms. The van der Waals surface area contributed by atoms with Crippen LogP contribution in [0.25, 0.3) is 23.0 Å². The molecule has 3 aromatic carbocycles. The lowest BCUT2D eigenvalue weighted by Gasteiger charge is -2.13. The Kier molecular flexibility index (Phi) is 9.34. The van der Waals surface area contributed by atoms with Gasteiger partial charge in [0, 0.05) is 42.1 Å². The Hall–Kier alpha value is -3.43. The number of thiocarbonyl (C=S) groups is 1. The maximum atomic E-state index is 13.2. The maximum Gasteiger partial charge on any atom is 0.266 e. The number of thioether (sulfide) groups is 1. The highest BCUT2D eigenvalue weighted by molar-refractivity contribution is 8.26. The van der Waals surface area contributed by atoms with Crippen molar-refractivity contribution in [3.8, 4) is 22.7 Å². The van der Waals surface area contributed by atoms with Crippen molar-refractivity contribution in [1.82, 2.24) is 14.7 Å². The van der Waals surface area contributed by atoms with Gasteiger partial charge in [-0.3, -0.25) is 9.69 Å². The van der Waals surface area contributed by atoms with Crippen molar-refractivity contribution in [1.29, 1.82) is 0 Å². The number of rotatable bonds is 11. The molecule has 2 heterocycles. The molecule has 1 aromatic heterocycles. The second-order valence-electron chi connectivity index (χ2n) is 9.04. The van der Waals surface area contributed by atoms with E-state index < -0.39 is 0 Å². The van der Waals surface area contributed by atoms with E-state index >= 15 is 0 Å². The zero-order valence-corrected chi connectivity index (χ0v) is 24.3. The third-order valence-corrected chi connectivity index (χ3v) is 7.87. The Morgan fingerprint density at radius 2 is 1.77 bits per heavy atom. The van der Waals surface area contributed by atoms with Crippen molar-refractivity contribution in [2.75, 3.05) is 19.8 Å². The van der Waals surface area contributed by atoms with Crippen molar-refractivity contribution in [2.24, 2.45) is 0 Å². The number of amides is 1. The molecule has 1 amide bonds. The van der Waals surface area contributed by atoms with Crippen molar-refractivity contribution < 1.29 is 14.3 Å². The summed E-state index contributed by atoms with van der Waals surface area (Å²) < 4.78 is 13.8. The molecule has 0 atom stereocenters.